The van der Waals surface area contributed by atoms with Crippen LogP contribution in [0.25, 0.3) is 10.4 Å². The number of piperazine rings is 1. The number of carbonyl (C=O) groups excluding carboxylic acids is 2. The van der Waals surface area contributed by atoms with Crippen molar-refractivity contribution < 1.29 is 18.0 Å². The number of para-hydroxylation sites is 1. The van der Waals surface area contributed by atoms with Gasteiger partial charge in [-0.05, 0) is 49.0 Å². The Morgan fingerprint density at radius 3 is 2.37 bits per heavy atom. The van der Waals surface area contributed by atoms with Crippen molar-refractivity contribution in [3.05, 3.63) is 65.0 Å². The molecule has 1 saturated heterocycles. The molecule has 0 aliphatic carbocycles. The molecule has 182 valence electrons. The van der Waals surface area contributed by atoms with E-state index < -0.39 is 15.9 Å². The van der Waals surface area contributed by atoms with E-state index in [2.05, 4.69) is 10.2 Å². The van der Waals surface area contributed by atoms with Gasteiger partial charge in [0.2, 0.25) is 0 Å². The molecule has 2 aromatic carbocycles. The lowest BCUT2D eigenvalue weighted by Gasteiger charge is -2.32. The highest BCUT2D eigenvalue weighted by Crippen LogP contribution is 2.45. The predicted octanol–water partition coefficient (Wildman–Crippen LogP) is 3.00. The number of nitrogens with one attached hydrogen (secondary N) is 1. The molecule has 3 N–H and O–H groups in total. The minimum Gasteiger partial charge on any atom is -0.365 e. The Hall–Kier alpha value is -3.41. The van der Waals surface area contributed by atoms with Gasteiger partial charge in [0.25, 0.3) is 15.9 Å². The number of urea groups is 1. The Balaban J connectivity index is 1.39. The maximum absolute atomic E-state index is 13.6. The minimum absolute atomic E-state index is 0.0976. The van der Waals surface area contributed by atoms with Gasteiger partial charge in [-0.1, -0.05) is 18.2 Å². The number of amides is 3. The van der Waals surface area contributed by atoms with E-state index in [0.717, 1.165) is 29.1 Å². The fraction of sp³-hybridized carbons (Fsp3) is 0.250. The standard InChI is InChI=1S/C24H25N5O4S2/c1-27-10-12-28(13-11-27)24(31)26-17-6-8-18(9-7-17)35(32,33)29-15-16-14-21(23(25)30)34-22(16)19-4-2-3-5-20(19)29/h2-9,14H,10-13,15H2,1H3,(H2,25,30)(H,26,31). The first-order chi connectivity index (χ1) is 16.7. The van der Waals surface area contributed by atoms with Crippen LogP contribution in [0.4, 0.5) is 16.2 Å². The molecular weight excluding hydrogens is 486 g/mol. The Labute approximate surface area is 207 Å². The van der Waals surface area contributed by atoms with Gasteiger partial charge in [-0.25, -0.2) is 13.2 Å². The summed E-state index contributed by atoms with van der Waals surface area (Å²) in [6.45, 7) is 3.01. The Bertz CT molecular complexity index is 1390. The van der Waals surface area contributed by atoms with Crippen molar-refractivity contribution in [1.29, 1.82) is 0 Å². The molecule has 0 spiro atoms. The van der Waals surface area contributed by atoms with Crippen LogP contribution in [-0.2, 0) is 16.6 Å². The summed E-state index contributed by atoms with van der Waals surface area (Å²) in [4.78, 5) is 29.5. The number of likely N-dealkylation sites (N-methyl/N-ethyl adjacent to an activating group) is 1. The summed E-state index contributed by atoms with van der Waals surface area (Å²) in [6, 6.07) is 14.9. The van der Waals surface area contributed by atoms with Crippen molar-refractivity contribution in [3.8, 4) is 10.4 Å². The van der Waals surface area contributed by atoms with Crippen LogP contribution in [0.3, 0.4) is 0 Å². The predicted molar refractivity (Wildman–Crippen MR) is 136 cm³/mol. The molecular formula is C24H25N5O4S2. The first kappa shape index (κ1) is 23.3. The number of fused-ring (bicyclic) bond motifs is 3. The van der Waals surface area contributed by atoms with Gasteiger partial charge in [-0.2, -0.15) is 0 Å². The van der Waals surface area contributed by atoms with Crippen LogP contribution >= 0.6 is 11.3 Å². The molecule has 0 unspecified atom stereocenters. The fourth-order valence-corrected chi connectivity index (χ4v) is 6.80. The first-order valence-corrected chi connectivity index (χ1v) is 13.4. The van der Waals surface area contributed by atoms with Crippen LogP contribution in [0.15, 0.2) is 59.5 Å². The van der Waals surface area contributed by atoms with Gasteiger partial charge in [0.05, 0.1) is 22.0 Å². The summed E-state index contributed by atoms with van der Waals surface area (Å²) >= 11 is 1.27. The van der Waals surface area contributed by atoms with Gasteiger partial charge in [-0.15, -0.1) is 11.3 Å². The number of nitrogens with two attached hydrogens (primary N) is 1. The van der Waals surface area contributed by atoms with Gasteiger partial charge in [-0.3, -0.25) is 9.10 Å². The molecule has 5 rings (SSSR count). The Morgan fingerprint density at radius 2 is 1.69 bits per heavy atom. The Kier molecular flexibility index (Phi) is 5.99. The van der Waals surface area contributed by atoms with E-state index in [0.29, 0.717) is 29.3 Å². The van der Waals surface area contributed by atoms with Crippen molar-refractivity contribution in [2.45, 2.75) is 11.4 Å². The van der Waals surface area contributed by atoms with Crippen molar-refractivity contribution in [2.24, 2.45) is 5.73 Å². The monoisotopic (exact) mass is 511 g/mol. The lowest BCUT2D eigenvalue weighted by Crippen LogP contribution is -2.48. The minimum atomic E-state index is -3.91. The number of carbonyl (C=O) groups is 2. The molecule has 35 heavy (non-hydrogen) atoms. The summed E-state index contributed by atoms with van der Waals surface area (Å²) in [5.41, 5.74) is 8.02. The van der Waals surface area contributed by atoms with Crippen LogP contribution < -0.4 is 15.4 Å². The summed E-state index contributed by atoms with van der Waals surface area (Å²) in [5.74, 6) is -0.537. The highest BCUT2D eigenvalue weighted by atomic mass is 32.2. The molecule has 0 radical (unpaired) electrons. The number of anilines is 2. The molecule has 2 aliphatic rings. The van der Waals surface area contributed by atoms with E-state index in [9.17, 15) is 18.0 Å². The fourth-order valence-electron chi connectivity index (χ4n) is 4.28. The molecule has 0 saturated carbocycles. The number of hydrogen-bond acceptors (Lipinski definition) is 6. The lowest BCUT2D eigenvalue weighted by molar-refractivity contribution is 0.100. The summed E-state index contributed by atoms with van der Waals surface area (Å²) in [5, 5.41) is 2.84. The topological polar surface area (TPSA) is 116 Å². The average Bonchev–Trinajstić information content (AvgIpc) is 3.29. The van der Waals surface area contributed by atoms with Crippen molar-refractivity contribution in [1.82, 2.24) is 9.80 Å². The summed E-state index contributed by atoms with van der Waals surface area (Å²) < 4.78 is 28.6. The molecule has 9 nitrogen and oxygen atoms in total. The van der Waals surface area contributed by atoms with Crippen molar-refractivity contribution in [2.75, 3.05) is 42.8 Å². The highest BCUT2D eigenvalue weighted by Gasteiger charge is 2.33. The number of thiophene rings is 1. The third-order valence-electron chi connectivity index (χ3n) is 6.27. The van der Waals surface area contributed by atoms with Crippen LogP contribution in [0, 0.1) is 0 Å². The number of benzene rings is 2. The number of rotatable bonds is 4. The van der Waals surface area contributed by atoms with E-state index in [4.69, 9.17) is 5.73 Å². The molecule has 3 amide bonds. The second-order valence-corrected chi connectivity index (χ2v) is 11.5. The van der Waals surface area contributed by atoms with Crippen molar-refractivity contribution >= 4 is 44.7 Å². The molecule has 0 atom stereocenters. The highest BCUT2D eigenvalue weighted by molar-refractivity contribution is 7.92. The molecule has 3 aromatic rings. The smallest absolute Gasteiger partial charge is 0.321 e. The van der Waals surface area contributed by atoms with Gasteiger partial charge >= 0.3 is 6.03 Å². The zero-order chi connectivity index (χ0) is 24.7. The molecule has 11 heteroatoms. The van der Waals surface area contributed by atoms with E-state index >= 15 is 0 Å². The summed E-state index contributed by atoms with van der Waals surface area (Å²) in [6.07, 6.45) is 0. The zero-order valence-electron chi connectivity index (χ0n) is 19.1. The maximum Gasteiger partial charge on any atom is 0.321 e. The number of primary amides is 1. The quantitative estimate of drug-likeness (QED) is 0.559. The van der Waals surface area contributed by atoms with E-state index in [1.54, 1.807) is 35.2 Å². The summed E-state index contributed by atoms with van der Waals surface area (Å²) in [7, 11) is -1.89. The number of sulfonamides is 1. The zero-order valence-corrected chi connectivity index (χ0v) is 20.7. The third-order valence-corrected chi connectivity index (χ3v) is 9.27. The normalized spacial score (nSPS) is 15.9. The van der Waals surface area contributed by atoms with E-state index in [-0.39, 0.29) is 17.5 Å². The van der Waals surface area contributed by atoms with Gasteiger partial charge in [0.1, 0.15) is 0 Å². The molecule has 1 fully saturated rings. The van der Waals surface area contributed by atoms with Crippen LogP contribution in [-0.4, -0.2) is 63.4 Å². The second-order valence-electron chi connectivity index (χ2n) is 8.60. The first-order valence-electron chi connectivity index (χ1n) is 11.1. The molecule has 3 heterocycles. The average molecular weight is 512 g/mol. The van der Waals surface area contributed by atoms with Crippen LogP contribution in [0.2, 0.25) is 0 Å². The molecule has 2 aliphatic heterocycles. The second kappa shape index (κ2) is 8.99. The molecule has 1 aromatic heterocycles. The maximum atomic E-state index is 13.6. The van der Waals surface area contributed by atoms with Gasteiger partial charge < -0.3 is 20.9 Å². The molecule has 0 bridgehead atoms. The van der Waals surface area contributed by atoms with E-state index in [1.165, 1.54) is 27.8 Å². The van der Waals surface area contributed by atoms with Crippen LogP contribution in [0.5, 0.6) is 0 Å². The van der Waals surface area contributed by atoms with Crippen LogP contribution in [0.1, 0.15) is 15.2 Å². The van der Waals surface area contributed by atoms with E-state index in [1.807, 2.05) is 19.2 Å². The van der Waals surface area contributed by atoms with Gasteiger partial charge in [0, 0.05) is 42.3 Å². The van der Waals surface area contributed by atoms with Gasteiger partial charge in [0.15, 0.2) is 0 Å². The number of hydrogen-bond donors (Lipinski definition) is 2. The SMILES string of the molecule is CN1CCN(C(=O)Nc2ccc(S(=O)(=O)N3Cc4cc(C(N)=O)sc4-c4ccccc43)cc2)CC1. The third kappa shape index (κ3) is 4.38. The van der Waals surface area contributed by atoms with Crippen molar-refractivity contribution in [3.63, 3.8) is 0 Å². The number of nitrogens with zero attached hydrogens (tertiary/aromatic N) is 3. The largest absolute Gasteiger partial charge is 0.365 e. The Morgan fingerprint density at radius 1 is 1.00 bits per heavy atom. The lowest BCUT2D eigenvalue weighted by atomic mass is 10.0.